The Morgan fingerprint density at radius 3 is 2.52 bits per heavy atom. The van der Waals surface area contributed by atoms with E-state index in [1.54, 1.807) is 13.8 Å². The molecule has 29 heavy (non-hydrogen) atoms. The molecule has 0 radical (unpaired) electrons. The van der Waals surface area contributed by atoms with Crippen LogP contribution in [0.25, 0.3) is 10.2 Å². The van der Waals surface area contributed by atoms with Crippen molar-refractivity contribution in [2.45, 2.75) is 65.0 Å². The molecular formula is C22H29N3O3S. The van der Waals surface area contributed by atoms with Crippen LogP contribution in [0.2, 0.25) is 0 Å². The van der Waals surface area contributed by atoms with Gasteiger partial charge in [0.15, 0.2) is 0 Å². The van der Waals surface area contributed by atoms with Crippen molar-refractivity contribution in [3.05, 3.63) is 26.6 Å². The molecule has 7 heteroatoms. The number of thiophene rings is 1. The fourth-order valence-corrected chi connectivity index (χ4v) is 7.40. The number of hydrogen-bond acceptors (Lipinski definition) is 6. The van der Waals surface area contributed by atoms with E-state index in [0.717, 1.165) is 23.7 Å². The Kier molecular flexibility index (Phi) is 4.78. The Balaban J connectivity index is 1.41. The summed E-state index contributed by atoms with van der Waals surface area (Å²) in [6, 6.07) is 0.502. The Morgan fingerprint density at radius 2 is 1.90 bits per heavy atom. The second kappa shape index (κ2) is 7.20. The van der Waals surface area contributed by atoms with Gasteiger partial charge in [0.1, 0.15) is 15.5 Å². The average Bonchev–Trinajstić information content (AvgIpc) is 3.01. The lowest BCUT2D eigenvalue weighted by Crippen LogP contribution is -2.55. The summed E-state index contributed by atoms with van der Waals surface area (Å²) in [6.45, 7) is 5.97. The number of esters is 1. The number of carbonyl (C=O) groups is 1. The minimum atomic E-state index is -0.381. The standard InChI is InChI=1S/C22H29N3O3S/c1-4-28-22(27)18-10(2)16-20(26)24-19(25-21(16)29-18)11(3)23-17-14-6-12-5-13(8-14)9-15(17)7-12/h11-15,17,23H,4-9H2,1-3H3,(H,24,25,26)/t11-,12?,13?,14?,15?,17?/m0/s1. The summed E-state index contributed by atoms with van der Waals surface area (Å²) in [7, 11) is 0. The lowest BCUT2D eigenvalue weighted by Gasteiger charge is -2.55. The molecule has 2 N–H and O–H groups in total. The predicted molar refractivity (Wildman–Crippen MR) is 113 cm³/mol. The topological polar surface area (TPSA) is 84.1 Å². The fourth-order valence-electron chi connectivity index (χ4n) is 6.32. The summed E-state index contributed by atoms with van der Waals surface area (Å²) in [5, 5.41) is 4.32. The predicted octanol–water partition coefficient (Wildman–Crippen LogP) is 3.95. The molecule has 0 saturated heterocycles. The molecule has 2 aromatic heterocycles. The number of rotatable bonds is 5. The molecule has 0 aliphatic heterocycles. The van der Waals surface area contributed by atoms with Gasteiger partial charge in [-0.25, -0.2) is 9.78 Å². The zero-order valence-corrected chi connectivity index (χ0v) is 18.1. The molecule has 6 rings (SSSR count). The molecule has 0 spiro atoms. The molecule has 1 atom stereocenters. The van der Waals surface area contributed by atoms with Crippen molar-refractivity contribution >= 4 is 27.5 Å². The number of aryl methyl sites for hydroxylation is 1. The molecular weight excluding hydrogens is 386 g/mol. The molecule has 156 valence electrons. The number of hydrogen-bond donors (Lipinski definition) is 2. The first-order valence-electron chi connectivity index (χ1n) is 10.9. The molecule has 4 bridgehead atoms. The van der Waals surface area contributed by atoms with Gasteiger partial charge in [0.05, 0.1) is 18.0 Å². The summed E-state index contributed by atoms with van der Waals surface area (Å²) in [5.41, 5.74) is 0.485. The minimum absolute atomic E-state index is 0.0249. The van der Waals surface area contributed by atoms with Gasteiger partial charge in [-0.1, -0.05) is 0 Å². The van der Waals surface area contributed by atoms with Gasteiger partial charge in [-0.15, -0.1) is 11.3 Å². The molecule has 4 aliphatic rings. The maximum absolute atomic E-state index is 12.8. The summed E-state index contributed by atoms with van der Waals surface area (Å²) in [5.74, 6) is 3.69. The SMILES string of the molecule is CCOC(=O)c1sc2nc([C@H](C)NC3C4CC5CC(C4)CC3C5)[nH]c(=O)c2c1C. The maximum Gasteiger partial charge on any atom is 0.348 e. The fraction of sp³-hybridized carbons (Fsp3) is 0.682. The summed E-state index contributed by atoms with van der Waals surface area (Å²) >= 11 is 1.25. The number of H-pyrrole nitrogens is 1. The number of carbonyl (C=O) groups excluding carboxylic acids is 1. The number of fused-ring (bicyclic) bond motifs is 1. The van der Waals surface area contributed by atoms with E-state index in [1.165, 1.54) is 43.4 Å². The van der Waals surface area contributed by atoms with Gasteiger partial charge in [-0.05, 0) is 82.1 Å². The second-order valence-corrected chi connectivity index (χ2v) is 10.3. The van der Waals surface area contributed by atoms with Gasteiger partial charge in [0.2, 0.25) is 0 Å². The van der Waals surface area contributed by atoms with Crippen molar-refractivity contribution in [1.29, 1.82) is 0 Å². The zero-order chi connectivity index (χ0) is 20.3. The highest BCUT2D eigenvalue weighted by Crippen LogP contribution is 2.54. The van der Waals surface area contributed by atoms with Crippen molar-refractivity contribution in [3.63, 3.8) is 0 Å². The van der Waals surface area contributed by atoms with E-state index in [1.807, 2.05) is 0 Å². The highest BCUT2D eigenvalue weighted by molar-refractivity contribution is 7.20. The largest absolute Gasteiger partial charge is 0.462 e. The lowest BCUT2D eigenvalue weighted by atomic mass is 9.54. The molecule has 2 aromatic rings. The van der Waals surface area contributed by atoms with E-state index in [-0.39, 0.29) is 17.6 Å². The van der Waals surface area contributed by atoms with E-state index in [0.29, 0.717) is 39.1 Å². The van der Waals surface area contributed by atoms with Gasteiger partial charge < -0.3 is 15.0 Å². The van der Waals surface area contributed by atoms with Crippen molar-refractivity contribution in [1.82, 2.24) is 15.3 Å². The minimum Gasteiger partial charge on any atom is -0.462 e. The molecule has 2 heterocycles. The van der Waals surface area contributed by atoms with Crippen LogP contribution in [0.1, 0.15) is 73.1 Å². The first kappa shape index (κ1) is 19.2. The molecule has 0 unspecified atom stereocenters. The van der Waals surface area contributed by atoms with Crippen molar-refractivity contribution in [2.24, 2.45) is 23.7 Å². The summed E-state index contributed by atoms with van der Waals surface area (Å²) < 4.78 is 5.13. The van der Waals surface area contributed by atoms with Crippen LogP contribution < -0.4 is 10.9 Å². The van der Waals surface area contributed by atoms with Crippen LogP contribution in [-0.4, -0.2) is 28.6 Å². The average molecular weight is 416 g/mol. The van der Waals surface area contributed by atoms with Crippen LogP contribution in [-0.2, 0) is 4.74 Å². The molecule has 0 aromatic carbocycles. The third-order valence-electron chi connectivity index (χ3n) is 7.36. The molecule has 4 saturated carbocycles. The highest BCUT2D eigenvalue weighted by atomic mass is 32.1. The third kappa shape index (κ3) is 3.22. The second-order valence-electron chi connectivity index (χ2n) is 9.25. The van der Waals surface area contributed by atoms with Gasteiger partial charge in [-0.3, -0.25) is 4.79 Å². The van der Waals surface area contributed by atoms with Crippen molar-refractivity contribution in [3.8, 4) is 0 Å². The van der Waals surface area contributed by atoms with Crippen molar-refractivity contribution < 1.29 is 9.53 Å². The number of ether oxygens (including phenoxy) is 1. The third-order valence-corrected chi connectivity index (χ3v) is 8.52. The van der Waals surface area contributed by atoms with Gasteiger partial charge in [0.25, 0.3) is 5.56 Å². The van der Waals surface area contributed by atoms with Crippen molar-refractivity contribution in [2.75, 3.05) is 6.61 Å². The Hall–Kier alpha value is -1.73. The van der Waals surface area contributed by atoms with Gasteiger partial charge >= 0.3 is 5.97 Å². The number of nitrogens with zero attached hydrogens (tertiary/aromatic N) is 1. The van der Waals surface area contributed by atoms with E-state index in [2.05, 4.69) is 17.2 Å². The van der Waals surface area contributed by atoms with Crippen LogP contribution in [0.4, 0.5) is 0 Å². The Labute approximate surface area is 174 Å². The normalized spacial score (nSPS) is 31.3. The van der Waals surface area contributed by atoms with Crippen LogP contribution >= 0.6 is 11.3 Å². The Morgan fingerprint density at radius 1 is 1.24 bits per heavy atom. The van der Waals surface area contributed by atoms with Gasteiger partial charge in [-0.2, -0.15) is 0 Å². The summed E-state index contributed by atoms with van der Waals surface area (Å²) in [4.78, 5) is 33.8. The quantitative estimate of drug-likeness (QED) is 0.723. The molecule has 6 nitrogen and oxygen atoms in total. The van der Waals surface area contributed by atoms with E-state index in [9.17, 15) is 9.59 Å². The van der Waals surface area contributed by atoms with E-state index < -0.39 is 0 Å². The smallest absolute Gasteiger partial charge is 0.348 e. The highest BCUT2D eigenvalue weighted by Gasteiger charge is 2.48. The first-order chi connectivity index (χ1) is 13.9. The number of nitrogens with one attached hydrogen (secondary N) is 2. The maximum atomic E-state index is 12.8. The van der Waals surface area contributed by atoms with E-state index >= 15 is 0 Å². The number of aromatic nitrogens is 2. The molecule has 4 fully saturated rings. The zero-order valence-electron chi connectivity index (χ0n) is 17.3. The van der Waals surface area contributed by atoms with Crippen LogP contribution in [0.5, 0.6) is 0 Å². The van der Waals surface area contributed by atoms with Crippen LogP contribution in [0, 0.1) is 30.6 Å². The first-order valence-corrected chi connectivity index (χ1v) is 11.7. The van der Waals surface area contributed by atoms with Crippen LogP contribution in [0.15, 0.2) is 4.79 Å². The molecule has 4 aliphatic carbocycles. The lowest BCUT2D eigenvalue weighted by molar-refractivity contribution is -0.0174. The summed E-state index contributed by atoms with van der Waals surface area (Å²) in [6.07, 6.45) is 6.86. The molecule has 0 amide bonds. The number of aromatic amines is 1. The Bertz CT molecular complexity index is 983. The monoisotopic (exact) mass is 415 g/mol. The van der Waals surface area contributed by atoms with E-state index in [4.69, 9.17) is 9.72 Å². The van der Waals surface area contributed by atoms with Crippen LogP contribution in [0.3, 0.4) is 0 Å². The van der Waals surface area contributed by atoms with Gasteiger partial charge in [0, 0.05) is 6.04 Å².